The molecule has 36 heavy (non-hydrogen) atoms. The summed E-state index contributed by atoms with van der Waals surface area (Å²) >= 11 is 0. The van der Waals surface area contributed by atoms with Crippen LogP contribution in [0.25, 0.3) is 22.8 Å². The second-order valence-corrected chi connectivity index (χ2v) is 7.93. The summed E-state index contributed by atoms with van der Waals surface area (Å²) in [6.45, 7) is 0. The second-order valence-electron chi connectivity index (χ2n) is 6.55. The summed E-state index contributed by atoms with van der Waals surface area (Å²) in [5.41, 5.74) is 0.688. The van der Waals surface area contributed by atoms with Crippen LogP contribution in [0.4, 0.5) is 0 Å². The van der Waals surface area contributed by atoms with Crippen molar-refractivity contribution in [3.8, 4) is 22.8 Å². The Labute approximate surface area is 202 Å². The van der Waals surface area contributed by atoms with Crippen molar-refractivity contribution < 1.29 is 48.4 Å². The highest BCUT2D eigenvalue weighted by atomic mass is 32.2. The maximum absolute atomic E-state index is 10.6. The highest BCUT2D eigenvalue weighted by Crippen LogP contribution is 2.16. The van der Waals surface area contributed by atoms with Gasteiger partial charge in [0.05, 0.1) is 27.1 Å². The smallest absolute Gasteiger partial charge is 0.335 e. The van der Waals surface area contributed by atoms with E-state index in [2.05, 4.69) is 20.2 Å². The average molecular weight is 520 g/mol. The van der Waals surface area contributed by atoms with Crippen LogP contribution in [-0.4, -0.2) is 66.2 Å². The van der Waals surface area contributed by atoms with Crippen LogP contribution in [0.2, 0.25) is 0 Å². The predicted molar refractivity (Wildman–Crippen MR) is 121 cm³/mol. The van der Waals surface area contributed by atoms with Crippen molar-refractivity contribution in [2.45, 2.75) is 4.90 Å². The Balaban J connectivity index is 0.000000344. The fourth-order valence-electron chi connectivity index (χ4n) is 2.73. The summed E-state index contributed by atoms with van der Waals surface area (Å²) in [5, 5.41) is 24.3. The molecule has 3 heterocycles. The lowest BCUT2D eigenvalue weighted by Gasteiger charge is -2.08. The highest BCUT2D eigenvalue weighted by Gasteiger charge is 2.20. The molecule has 0 aliphatic heterocycles. The lowest BCUT2D eigenvalue weighted by atomic mass is 10.1. The normalized spacial score (nSPS) is 10.1. The van der Waals surface area contributed by atoms with Gasteiger partial charge in [0.1, 0.15) is 10.1 Å². The van der Waals surface area contributed by atoms with Crippen molar-refractivity contribution in [2.75, 3.05) is 5.84 Å². The molecule has 0 aliphatic carbocycles. The molecule has 3 aromatic heterocycles. The summed E-state index contributed by atoms with van der Waals surface area (Å²) in [6, 6.07) is 9.43. The first-order valence-corrected chi connectivity index (χ1v) is 10.6. The minimum Gasteiger partial charge on any atom is -0.744 e. The van der Waals surface area contributed by atoms with Crippen molar-refractivity contribution in [3.05, 3.63) is 78.4 Å². The van der Waals surface area contributed by atoms with Gasteiger partial charge in [-0.15, -0.1) is 9.77 Å². The predicted octanol–water partition coefficient (Wildman–Crippen LogP) is -1.13. The van der Waals surface area contributed by atoms with Gasteiger partial charge in [-0.05, 0) is 42.5 Å². The number of pyridine rings is 2. The van der Waals surface area contributed by atoms with Gasteiger partial charge in [-0.1, -0.05) is 0 Å². The van der Waals surface area contributed by atoms with Crippen molar-refractivity contribution in [3.63, 3.8) is 0 Å². The summed E-state index contributed by atoms with van der Waals surface area (Å²) in [4.78, 5) is 28.2. The van der Waals surface area contributed by atoms with Gasteiger partial charge in [0.15, 0.2) is 0 Å². The van der Waals surface area contributed by atoms with Crippen LogP contribution >= 0.6 is 0 Å². The Morgan fingerprint density at radius 3 is 1.72 bits per heavy atom. The first-order chi connectivity index (χ1) is 16.1. The van der Waals surface area contributed by atoms with Crippen molar-refractivity contribution >= 4 is 22.1 Å². The van der Waals surface area contributed by atoms with Gasteiger partial charge in [0, 0.05) is 29.9 Å². The van der Waals surface area contributed by atoms with E-state index in [1.165, 1.54) is 4.68 Å². The lowest BCUT2D eigenvalue weighted by molar-refractivity contribution is -0.616. The molecule has 0 fully saturated rings. The molecule has 15 nitrogen and oxygen atoms in total. The van der Waals surface area contributed by atoms with E-state index in [0.717, 1.165) is 23.0 Å². The number of nitrogens with zero attached hydrogens (tertiary/aromatic N) is 4. The Hall–Kier alpha value is -4.77. The van der Waals surface area contributed by atoms with Crippen molar-refractivity contribution in [1.82, 2.24) is 20.2 Å². The number of hydrogen-bond acceptors (Lipinski definition) is 9. The molecule has 0 saturated carbocycles. The number of nitrogen functional groups attached to an aromatic ring is 1. The van der Waals surface area contributed by atoms with Crippen LogP contribution in [-0.2, 0) is 10.1 Å². The molecule has 0 bridgehead atoms. The van der Waals surface area contributed by atoms with Crippen LogP contribution in [0.15, 0.2) is 72.1 Å². The molecular weight excluding hydrogens is 500 g/mol. The molecule has 9 N–H and O–H groups in total. The molecular formula is C20H20N6O9S. The number of nitrogens with one attached hydrogen (secondary N) is 1. The zero-order valence-electron chi connectivity index (χ0n) is 18.1. The number of rotatable bonds is 5. The Bertz CT molecular complexity index is 1360. The maximum atomic E-state index is 10.6. The SMILES string of the molecule is N[n+]1c(-c2ccncc2)n[nH]c1-c1ccncc1.O.O.O=C(O)c1cc(C(=O)O)cc(S(=O)(=O)[O-])c1. The number of carbonyl (C=O) groups is 2. The van der Waals surface area contributed by atoms with E-state index in [4.69, 9.17) is 16.1 Å². The Morgan fingerprint density at radius 2 is 1.31 bits per heavy atom. The third-order valence-corrected chi connectivity index (χ3v) is 5.13. The van der Waals surface area contributed by atoms with Crippen molar-refractivity contribution in [1.29, 1.82) is 0 Å². The average Bonchev–Trinajstić information content (AvgIpc) is 3.21. The molecule has 0 amide bonds. The van der Waals surface area contributed by atoms with Crippen LogP contribution in [0.1, 0.15) is 20.7 Å². The third-order valence-electron chi connectivity index (χ3n) is 4.32. The number of aromatic carboxylic acids is 2. The van der Waals surface area contributed by atoms with Gasteiger partial charge in [0.2, 0.25) is 0 Å². The number of benzene rings is 1. The molecule has 0 atom stereocenters. The Kier molecular flexibility index (Phi) is 9.82. The molecule has 0 saturated heterocycles. The summed E-state index contributed by atoms with van der Waals surface area (Å²) in [5.74, 6) is 4.39. The van der Waals surface area contributed by atoms with E-state index in [1.807, 2.05) is 24.3 Å². The lowest BCUT2D eigenvalue weighted by Crippen LogP contribution is -2.46. The molecule has 0 aliphatic rings. The van der Waals surface area contributed by atoms with Crippen molar-refractivity contribution in [2.24, 2.45) is 0 Å². The number of nitrogens with two attached hydrogens (primary N) is 1. The summed E-state index contributed by atoms with van der Waals surface area (Å²) < 4.78 is 33.4. The van der Waals surface area contributed by atoms with E-state index in [0.29, 0.717) is 18.0 Å². The highest BCUT2D eigenvalue weighted by molar-refractivity contribution is 7.85. The molecule has 4 rings (SSSR count). The number of H-pyrrole nitrogens is 1. The topological polar surface area (TPSA) is 279 Å². The number of hydrogen-bond donors (Lipinski definition) is 4. The Morgan fingerprint density at radius 1 is 0.861 bits per heavy atom. The number of aromatic nitrogens is 5. The van der Waals surface area contributed by atoms with Crippen LogP contribution in [0.5, 0.6) is 0 Å². The first kappa shape index (κ1) is 29.3. The molecule has 1 aromatic carbocycles. The molecule has 0 unspecified atom stereocenters. The van der Waals surface area contributed by atoms with E-state index in [1.54, 1.807) is 24.8 Å². The second kappa shape index (κ2) is 12.1. The maximum Gasteiger partial charge on any atom is 0.335 e. The van der Waals surface area contributed by atoms with Crippen LogP contribution in [0.3, 0.4) is 0 Å². The molecule has 190 valence electrons. The van der Waals surface area contributed by atoms with Crippen LogP contribution in [0, 0.1) is 0 Å². The quantitative estimate of drug-likeness (QED) is 0.139. The molecule has 16 heteroatoms. The number of carboxylic acids is 2. The minimum absolute atomic E-state index is 0. The standard InChI is InChI=1S/C12H10N6.C8H6O7S.2H2O/c13-18-11(9-1-5-14-6-2-9)16-17-12(18)10-3-7-15-8-4-10;9-7(10)4-1-5(8(11)12)3-6(2-4)16(13,14)15;;/h1-8H,13H2;1-3H,(H,9,10)(H,11,12)(H,13,14,15);2*1H2. The zero-order valence-corrected chi connectivity index (χ0v) is 18.9. The summed E-state index contributed by atoms with van der Waals surface area (Å²) in [6.07, 6.45) is 6.83. The van der Waals surface area contributed by atoms with E-state index < -0.39 is 38.1 Å². The molecule has 0 radical (unpaired) electrons. The van der Waals surface area contributed by atoms with Gasteiger partial charge >= 0.3 is 17.8 Å². The fraction of sp³-hybridized carbons (Fsp3) is 0. The molecule has 0 spiro atoms. The minimum atomic E-state index is -4.89. The van der Waals surface area contributed by atoms with Gasteiger partial charge < -0.3 is 25.7 Å². The van der Waals surface area contributed by atoms with Crippen LogP contribution < -0.4 is 10.5 Å². The number of carboxylic acid groups (broad SMARTS) is 2. The van der Waals surface area contributed by atoms with Gasteiger partial charge in [0.25, 0.3) is 5.82 Å². The van der Waals surface area contributed by atoms with E-state index in [9.17, 15) is 22.6 Å². The summed E-state index contributed by atoms with van der Waals surface area (Å²) in [7, 11) is -4.89. The van der Waals surface area contributed by atoms with Gasteiger partial charge in [-0.3, -0.25) is 15.8 Å². The first-order valence-electron chi connectivity index (χ1n) is 9.22. The van der Waals surface area contributed by atoms with E-state index >= 15 is 0 Å². The molecule has 4 aromatic rings. The monoisotopic (exact) mass is 520 g/mol. The largest absolute Gasteiger partial charge is 0.744 e. The van der Waals surface area contributed by atoms with E-state index in [-0.39, 0.29) is 11.0 Å². The zero-order chi connectivity index (χ0) is 24.9. The third kappa shape index (κ3) is 6.87. The number of aromatic amines is 1. The fourth-order valence-corrected chi connectivity index (χ4v) is 3.27. The van der Waals surface area contributed by atoms with Gasteiger partial charge in [-0.25, -0.2) is 18.0 Å². The van der Waals surface area contributed by atoms with Gasteiger partial charge in [-0.2, -0.15) is 0 Å².